The maximum atomic E-state index is 13.3. The summed E-state index contributed by atoms with van der Waals surface area (Å²) in [7, 11) is 1.11. The molecule has 1 rings (SSSR count). The molecule has 0 fully saturated rings. The highest BCUT2D eigenvalue weighted by Gasteiger charge is 2.24. The first-order valence-corrected chi connectivity index (χ1v) is 4.37. The van der Waals surface area contributed by atoms with Crippen molar-refractivity contribution in [1.29, 1.82) is 0 Å². The predicted octanol–water partition coefficient (Wildman–Crippen LogP) is 1.36. The van der Waals surface area contributed by atoms with Crippen molar-refractivity contribution in [3.63, 3.8) is 0 Å². The van der Waals surface area contributed by atoms with E-state index in [1.54, 1.807) is 0 Å². The number of rotatable bonds is 2. The van der Waals surface area contributed by atoms with Gasteiger partial charge in [0.2, 0.25) is 0 Å². The molecule has 6 heteroatoms. The van der Waals surface area contributed by atoms with E-state index < -0.39 is 23.6 Å². The second-order valence-corrected chi connectivity index (χ2v) is 3.20. The summed E-state index contributed by atoms with van der Waals surface area (Å²) < 4.78 is 17.6. The third-order valence-corrected chi connectivity index (χ3v) is 2.19. The average Bonchev–Trinajstić information content (AvgIpc) is 2.22. The zero-order valence-electron chi connectivity index (χ0n) is 7.83. The fourth-order valence-electron chi connectivity index (χ4n) is 1.10. The number of benzene rings is 1. The van der Waals surface area contributed by atoms with E-state index in [4.69, 9.17) is 17.3 Å². The van der Waals surface area contributed by atoms with Crippen LogP contribution in [0.1, 0.15) is 11.6 Å². The number of carbonyl (C=O) groups excluding carboxylic acids is 1. The number of carbonyl (C=O) groups is 1. The molecule has 4 nitrogen and oxygen atoms in total. The summed E-state index contributed by atoms with van der Waals surface area (Å²) >= 11 is 5.55. The molecule has 0 aromatic heterocycles. The van der Waals surface area contributed by atoms with Crippen LogP contribution >= 0.6 is 11.6 Å². The summed E-state index contributed by atoms with van der Waals surface area (Å²) in [5.74, 6) is -2.21. The lowest BCUT2D eigenvalue weighted by atomic mass is 10.1. The van der Waals surface area contributed by atoms with Crippen LogP contribution in [0.25, 0.3) is 0 Å². The SMILES string of the molecule is COC(=O)[C@H](N)c1c(F)ccc(Cl)c1O. The lowest BCUT2D eigenvalue weighted by molar-refractivity contribution is -0.142. The number of esters is 1. The van der Waals surface area contributed by atoms with E-state index in [1.165, 1.54) is 6.07 Å². The molecular formula is C9H9ClFNO3. The van der Waals surface area contributed by atoms with Gasteiger partial charge in [0.1, 0.15) is 17.6 Å². The zero-order valence-corrected chi connectivity index (χ0v) is 8.58. The Hall–Kier alpha value is -1.33. The second kappa shape index (κ2) is 4.46. The average molecular weight is 234 g/mol. The molecule has 0 aliphatic carbocycles. The Labute approximate surface area is 90.4 Å². The minimum atomic E-state index is -1.39. The molecule has 1 aromatic rings. The fraction of sp³-hybridized carbons (Fsp3) is 0.222. The molecular weight excluding hydrogens is 225 g/mol. The Morgan fingerprint density at radius 2 is 2.27 bits per heavy atom. The van der Waals surface area contributed by atoms with Crippen molar-refractivity contribution in [2.24, 2.45) is 5.73 Å². The monoisotopic (exact) mass is 233 g/mol. The predicted molar refractivity (Wildman–Crippen MR) is 52.0 cm³/mol. The first-order chi connectivity index (χ1) is 6.99. The van der Waals surface area contributed by atoms with Crippen molar-refractivity contribution in [3.8, 4) is 5.75 Å². The third kappa shape index (κ3) is 2.19. The Kier molecular flexibility index (Phi) is 3.49. The highest BCUT2D eigenvalue weighted by atomic mass is 35.5. The number of hydrogen-bond donors (Lipinski definition) is 2. The van der Waals surface area contributed by atoms with Gasteiger partial charge in [0.15, 0.2) is 0 Å². The molecule has 0 amide bonds. The van der Waals surface area contributed by atoms with Crippen molar-refractivity contribution in [1.82, 2.24) is 0 Å². The number of halogens is 2. The molecule has 15 heavy (non-hydrogen) atoms. The van der Waals surface area contributed by atoms with Crippen LogP contribution in [0.5, 0.6) is 5.75 Å². The molecule has 1 atom stereocenters. The molecule has 1 aromatic carbocycles. The normalized spacial score (nSPS) is 12.3. The summed E-state index contributed by atoms with van der Waals surface area (Å²) in [6, 6.07) is 0.786. The number of nitrogens with two attached hydrogens (primary N) is 1. The van der Waals surface area contributed by atoms with E-state index in [-0.39, 0.29) is 10.6 Å². The van der Waals surface area contributed by atoms with Crippen LogP contribution in [0, 0.1) is 5.82 Å². The van der Waals surface area contributed by atoms with Gasteiger partial charge < -0.3 is 15.6 Å². The summed E-state index contributed by atoms with van der Waals surface area (Å²) in [5.41, 5.74) is 5.02. The minimum Gasteiger partial charge on any atom is -0.506 e. The summed E-state index contributed by atoms with van der Waals surface area (Å²) in [6.07, 6.45) is 0. The summed E-state index contributed by atoms with van der Waals surface area (Å²) in [5, 5.41) is 9.36. The molecule has 82 valence electrons. The van der Waals surface area contributed by atoms with Gasteiger partial charge in [0, 0.05) is 0 Å². The highest BCUT2D eigenvalue weighted by molar-refractivity contribution is 6.32. The standard InChI is InChI=1S/C9H9ClFNO3/c1-15-9(14)7(12)6-5(11)3-2-4(10)8(6)13/h2-3,7,13H,12H2,1H3/t7-/m1/s1. The van der Waals surface area contributed by atoms with Gasteiger partial charge in [-0.2, -0.15) is 0 Å². The van der Waals surface area contributed by atoms with Gasteiger partial charge in [0.05, 0.1) is 17.7 Å². The molecule has 0 spiro atoms. The van der Waals surface area contributed by atoms with Crippen LogP contribution in [-0.4, -0.2) is 18.2 Å². The molecule has 0 heterocycles. The smallest absolute Gasteiger partial charge is 0.327 e. The molecule has 0 unspecified atom stereocenters. The number of phenolic OH excluding ortho intramolecular Hbond substituents is 1. The number of ether oxygens (including phenoxy) is 1. The molecule has 0 aliphatic heterocycles. The van der Waals surface area contributed by atoms with Crippen molar-refractivity contribution in [2.75, 3.05) is 7.11 Å². The first kappa shape index (κ1) is 11.7. The fourth-order valence-corrected chi connectivity index (χ4v) is 1.26. The lowest BCUT2D eigenvalue weighted by Crippen LogP contribution is -2.23. The van der Waals surface area contributed by atoms with E-state index in [2.05, 4.69) is 4.74 Å². The van der Waals surface area contributed by atoms with Crippen LogP contribution in [0.2, 0.25) is 5.02 Å². The third-order valence-electron chi connectivity index (χ3n) is 1.88. The largest absolute Gasteiger partial charge is 0.506 e. The van der Waals surface area contributed by atoms with Gasteiger partial charge in [-0.25, -0.2) is 4.39 Å². The first-order valence-electron chi connectivity index (χ1n) is 3.99. The second-order valence-electron chi connectivity index (χ2n) is 2.79. The zero-order chi connectivity index (χ0) is 11.6. The van der Waals surface area contributed by atoms with Gasteiger partial charge in [-0.15, -0.1) is 0 Å². The van der Waals surface area contributed by atoms with Crippen LogP contribution in [0.4, 0.5) is 4.39 Å². The Balaban J connectivity index is 3.24. The summed E-state index contributed by atoms with van der Waals surface area (Å²) in [6.45, 7) is 0. The van der Waals surface area contributed by atoms with Crippen molar-refractivity contribution in [3.05, 3.63) is 28.5 Å². The van der Waals surface area contributed by atoms with Crippen LogP contribution in [-0.2, 0) is 9.53 Å². The van der Waals surface area contributed by atoms with Crippen molar-refractivity contribution < 1.29 is 19.0 Å². The number of phenols is 1. The quantitative estimate of drug-likeness (QED) is 0.757. The van der Waals surface area contributed by atoms with Crippen LogP contribution in [0.3, 0.4) is 0 Å². The maximum absolute atomic E-state index is 13.3. The molecule has 0 bridgehead atoms. The Bertz CT molecular complexity index is 397. The highest BCUT2D eigenvalue weighted by Crippen LogP contribution is 2.33. The summed E-state index contributed by atoms with van der Waals surface area (Å²) in [4.78, 5) is 11.1. The number of methoxy groups -OCH3 is 1. The van der Waals surface area contributed by atoms with Gasteiger partial charge in [0.25, 0.3) is 0 Å². The van der Waals surface area contributed by atoms with Crippen LogP contribution in [0.15, 0.2) is 12.1 Å². The van der Waals surface area contributed by atoms with Crippen LogP contribution < -0.4 is 5.73 Å². The van der Waals surface area contributed by atoms with Gasteiger partial charge in [-0.1, -0.05) is 11.6 Å². The molecule has 0 saturated heterocycles. The van der Waals surface area contributed by atoms with E-state index in [0.29, 0.717) is 0 Å². The van der Waals surface area contributed by atoms with E-state index >= 15 is 0 Å². The van der Waals surface area contributed by atoms with E-state index in [1.807, 2.05) is 0 Å². The molecule has 3 N–H and O–H groups in total. The minimum absolute atomic E-state index is 0.0780. The van der Waals surface area contributed by atoms with Gasteiger partial charge in [-0.05, 0) is 12.1 Å². The van der Waals surface area contributed by atoms with E-state index in [9.17, 15) is 14.3 Å². The molecule has 0 saturated carbocycles. The molecule has 0 aliphatic rings. The topological polar surface area (TPSA) is 72.5 Å². The van der Waals surface area contributed by atoms with Crippen molar-refractivity contribution in [2.45, 2.75) is 6.04 Å². The number of hydrogen-bond acceptors (Lipinski definition) is 4. The molecule has 0 radical (unpaired) electrons. The van der Waals surface area contributed by atoms with E-state index in [0.717, 1.165) is 13.2 Å². The number of aromatic hydroxyl groups is 1. The maximum Gasteiger partial charge on any atom is 0.327 e. The Morgan fingerprint density at radius 1 is 1.67 bits per heavy atom. The van der Waals surface area contributed by atoms with Gasteiger partial charge >= 0.3 is 5.97 Å². The lowest BCUT2D eigenvalue weighted by Gasteiger charge is -2.12. The van der Waals surface area contributed by atoms with Gasteiger partial charge in [-0.3, -0.25) is 4.79 Å². The van der Waals surface area contributed by atoms with Crippen molar-refractivity contribution >= 4 is 17.6 Å². The Morgan fingerprint density at radius 3 is 2.80 bits per heavy atom.